The van der Waals surface area contributed by atoms with Crippen LogP contribution in [0.15, 0.2) is 91.1 Å². The Kier molecular flexibility index (Phi) is 6.37. The first-order valence-corrected chi connectivity index (χ1v) is 12.6. The number of carbonyl (C=O) groups excluding carboxylic acids is 1. The Morgan fingerprint density at radius 2 is 1.59 bits per heavy atom. The van der Waals surface area contributed by atoms with E-state index in [2.05, 4.69) is 20.8 Å². The molecule has 2 aromatic heterocycles. The van der Waals surface area contributed by atoms with Gasteiger partial charge in [0.05, 0.1) is 22.9 Å². The fraction of sp³-hybridized carbons (Fsp3) is 0.241. The molecule has 186 valence electrons. The van der Waals surface area contributed by atoms with E-state index in [9.17, 15) is 4.79 Å². The van der Waals surface area contributed by atoms with Crippen molar-refractivity contribution < 1.29 is 9.53 Å². The van der Waals surface area contributed by atoms with Gasteiger partial charge in [0.2, 0.25) is 0 Å². The summed E-state index contributed by atoms with van der Waals surface area (Å²) in [5.41, 5.74) is 3.30. The quantitative estimate of drug-likeness (QED) is 0.328. The number of amides is 1. The van der Waals surface area contributed by atoms with E-state index in [1.54, 1.807) is 6.20 Å². The average molecular weight is 493 g/mol. The molecule has 1 fully saturated rings. The van der Waals surface area contributed by atoms with Crippen LogP contribution in [-0.4, -0.2) is 48.4 Å². The van der Waals surface area contributed by atoms with Crippen LogP contribution in [0.3, 0.4) is 0 Å². The zero-order valence-electron chi connectivity index (χ0n) is 20.5. The number of likely N-dealkylation sites (tertiary alicyclic amines) is 1. The largest absolute Gasteiger partial charge is 0.486 e. The summed E-state index contributed by atoms with van der Waals surface area (Å²) in [6.07, 6.45) is 3.40. The van der Waals surface area contributed by atoms with Crippen molar-refractivity contribution in [2.75, 3.05) is 13.1 Å². The Hall–Kier alpha value is -4.46. The zero-order chi connectivity index (χ0) is 25.0. The number of hydrogen-bond acceptors (Lipinski definition) is 5. The molecule has 0 N–H and O–H groups in total. The Morgan fingerprint density at radius 1 is 0.892 bits per heavy atom. The standard InChI is InChI=1S/C29H28N6O2/c36-29(26-19-30-35(32-26)23-9-3-1-4-10-23)33-17-15-22(16-18-33)20-34-27-14-8-7-13-25(27)31-28(34)21-37-24-11-5-2-6-12-24/h1-14,19,22H,15-18,20-21H2. The van der Waals surface area contributed by atoms with E-state index < -0.39 is 0 Å². The van der Waals surface area contributed by atoms with Crippen LogP contribution in [0.4, 0.5) is 0 Å². The summed E-state index contributed by atoms with van der Waals surface area (Å²) in [6, 6.07) is 27.7. The van der Waals surface area contributed by atoms with Gasteiger partial charge < -0.3 is 14.2 Å². The van der Waals surface area contributed by atoms with Gasteiger partial charge in [-0.05, 0) is 55.2 Å². The number of imidazole rings is 1. The van der Waals surface area contributed by atoms with E-state index >= 15 is 0 Å². The fourth-order valence-corrected chi connectivity index (χ4v) is 4.89. The molecule has 3 heterocycles. The highest BCUT2D eigenvalue weighted by Crippen LogP contribution is 2.25. The van der Waals surface area contributed by atoms with Crippen LogP contribution < -0.4 is 4.74 Å². The molecular weight excluding hydrogens is 464 g/mol. The van der Waals surface area contributed by atoms with Crippen LogP contribution in [0.5, 0.6) is 5.75 Å². The molecule has 0 unspecified atom stereocenters. The van der Waals surface area contributed by atoms with Crippen molar-refractivity contribution in [2.45, 2.75) is 26.0 Å². The van der Waals surface area contributed by atoms with Crippen molar-refractivity contribution in [3.05, 3.63) is 103 Å². The molecule has 0 radical (unpaired) electrons. The maximum absolute atomic E-state index is 13.1. The monoisotopic (exact) mass is 492 g/mol. The molecule has 0 aliphatic carbocycles. The average Bonchev–Trinajstić information content (AvgIpc) is 3.59. The van der Waals surface area contributed by atoms with Crippen LogP contribution in [0.1, 0.15) is 29.2 Å². The minimum atomic E-state index is -0.0642. The smallest absolute Gasteiger partial charge is 0.276 e. The molecule has 0 saturated carbocycles. The lowest BCUT2D eigenvalue weighted by atomic mass is 9.96. The van der Waals surface area contributed by atoms with Crippen LogP contribution in [-0.2, 0) is 13.2 Å². The second kappa shape index (κ2) is 10.3. The molecule has 1 aliphatic rings. The van der Waals surface area contributed by atoms with E-state index in [0.29, 0.717) is 31.3 Å². The number of para-hydroxylation sites is 4. The van der Waals surface area contributed by atoms with Crippen molar-refractivity contribution in [1.29, 1.82) is 0 Å². The Bertz CT molecular complexity index is 1490. The fourth-order valence-electron chi connectivity index (χ4n) is 4.89. The summed E-state index contributed by atoms with van der Waals surface area (Å²) in [5, 5.41) is 8.70. The van der Waals surface area contributed by atoms with Crippen LogP contribution in [0, 0.1) is 5.92 Å². The summed E-state index contributed by atoms with van der Waals surface area (Å²) in [4.78, 5) is 21.3. The summed E-state index contributed by atoms with van der Waals surface area (Å²) in [5.74, 6) is 2.13. The molecule has 3 aromatic carbocycles. The highest BCUT2D eigenvalue weighted by molar-refractivity contribution is 5.92. The molecule has 37 heavy (non-hydrogen) atoms. The van der Waals surface area contributed by atoms with Crippen molar-refractivity contribution in [3.8, 4) is 11.4 Å². The van der Waals surface area contributed by atoms with Crippen molar-refractivity contribution >= 4 is 16.9 Å². The molecule has 8 nitrogen and oxygen atoms in total. The Morgan fingerprint density at radius 3 is 2.38 bits per heavy atom. The van der Waals surface area contributed by atoms with Gasteiger partial charge in [-0.25, -0.2) is 4.98 Å². The lowest BCUT2D eigenvalue weighted by molar-refractivity contribution is 0.0676. The SMILES string of the molecule is O=C(c1cnn(-c2ccccc2)n1)N1CCC(Cn2c(COc3ccccc3)nc3ccccc32)CC1. The third kappa shape index (κ3) is 4.95. The normalized spacial score (nSPS) is 14.2. The van der Waals surface area contributed by atoms with E-state index in [1.807, 2.05) is 83.8 Å². The molecule has 1 amide bonds. The molecule has 8 heteroatoms. The molecule has 0 bridgehead atoms. The van der Waals surface area contributed by atoms with Crippen molar-refractivity contribution in [1.82, 2.24) is 29.4 Å². The third-order valence-corrected chi connectivity index (χ3v) is 6.89. The van der Waals surface area contributed by atoms with Gasteiger partial charge in [0.15, 0.2) is 5.69 Å². The summed E-state index contributed by atoms with van der Waals surface area (Å²) in [6.45, 7) is 2.65. The minimum absolute atomic E-state index is 0.0642. The van der Waals surface area contributed by atoms with Gasteiger partial charge in [-0.15, -0.1) is 5.10 Å². The number of ether oxygens (including phenoxy) is 1. The number of aromatic nitrogens is 5. The molecule has 5 aromatic rings. The first-order valence-electron chi connectivity index (χ1n) is 12.6. The van der Waals surface area contributed by atoms with Gasteiger partial charge in [-0.1, -0.05) is 48.5 Å². The first-order chi connectivity index (χ1) is 18.2. The van der Waals surface area contributed by atoms with Gasteiger partial charge in [0.25, 0.3) is 5.91 Å². The van der Waals surface area contributed by atoms with Gasteiger partial charge >= 0.3 is 0 Å². The van der Waals surface area contributed by atoms with Gasteiger partial charge in [0.1, 0.15) is 18.2 Å². The van der Waals surface area contributed by atoms with E-state index in [0.717, 1.165) is 47.7 Å². The molecule has 1 aliphatic heterocycles. The predicted octanol–water partition coefficient (Wildman–Crippen LogP) is 4.75. The maximum atomic E-state index is 13.1. The molecule has 0 spiro atoms. The van der Waals surface area contributed by atoms with Gasteiger partial charge in [0, 0.05) is 19.6 Å². The molecule has 6 rings (SSSR count). The van der Waals surface area contributed by atoms with Crippen molar-refractivity contribution in [3.63, 3.8) is 0 Å². The summed E-state index contributed by atoms with van der Waals surface area (Å²) < 4.78 is 8.32. The second-order valence-electron chi connectivity index (χ2n) is 9.32. The summed E-state index contributed by atoms with van der Waals surface area (Å²) >= 11 is 0. The van der Waals surface area contributed by atoms with Crippen molar-refractivity contribution in [2.24, 2.45) is 5.92 Å². The second-order valence-corrected chi connectivity index (χ2v) is 9.32. The van der Waals surface area contributed by atoms with Crippen LogP contribution in [0.25, 0.3) is 16.7 Å². The number of nitrogens with zero attached hydrogens (tertiary/aromatic N) is 6. The zero-order valence-corrected chi connectivity index (χ0v) is 20.5. The number of rotatable bonds is 7. The lowest BCUT2D eigenvalue weighted by Crippen LogP contribution is -2.39. The van der Waals surface area contributed by atoms with E-state index in [-0.39, 0.29) is 5.91 Å². The lowest BCUT2D eigenvalue weighted by Gasteiger charge is -2.32. The van der Waals surface area contributed by atoms with Crippen LogP contribution >= 0.6 is 0 Å². The number of fused-ring (bicyclic) bond motifs is 1. The third-order valence-electron chi connectivity index (χ3n) is 6.89. The van der Waals surface area contributed by atoms with E-state index in [4.69, 9.17) is 9.72 Å². The maximum Gasteiger partial charge on any atom is 0.276 e. The number of piperidine rings is 1. The number of benzene rings is 3. The molecule has 1 saturated heterocycles. The molecule has 0 atom stereocenters. The predicted molar refractivity (Wildman–Crippen MR) is 140 cm³/mol. The number of carbonyl (C=O) groups is 1. The highest BCUT2D eigenvalue weighted by Gasteiger charge is 2.26. The Labute approximate surface area is 215 Å². The van der Waals surface area contributed by atoms with Gasteiger partial charge in [-0.2, -0.15) is 9.90 Å². The van der Waals surface area contributed by atoms with Crippen LogP contribution in [0.2, 0.25) is 0 Å². The Balaban J connectivity index is 1.12. The first kappa shape index (κ1) is 23.0. The topological polar surface area (TPSA) is 78.1 Å². The van der Waals surface area contributed by atoms with Gasteiger partial charge in [-0.3, -0.25) is 4.79 Å². The summed E-state index contributed by atoms with van der Waals surface area (Å²) in [7, 11) is 0. The number of hydrogen-bond donors (Lipinski definition) is 0. The van der Waals surface area contributed by atoms with E-state index in [1.165, 1.54) is 4.80 Å². The minimum Gasteiger partial charge on any atom is -0.486 e. The molecular formula is C29H28N6O2. The highest BCUT2D eigenvalue weighted by atomic mass is 16.5.